The molecule has 0 bridgehead atoms. The van der Waals surface area contributed by atoms with Gasteiger partial charge < -0.3 is 14.0 Å². The van der Waals surface area contributed by atoms with E-state index in [0.717, 1.165) is 26.2 Å². The first-order chi connectivity index (χ1) is 9.24. The number of aromatic nitrogens is 1. The van der Waals surface area contributed by atoms with Crippen molar-refractivity contribution in [2.24, 2.45) is 0 Å². The van der Waals surface area contributed by atoms with Crippen molar-refractivity contribution in [3.63, 3.8) is 0 Å². The van der Waals surface area contributed by atoms with Crippen LogP contribution in [0.25, 0.3) is 0 Å². The Hall–Kier alpha value is -1.33. The van der Waals surface area contributed by atoms with Gasteiger partial charge in [-0.1, -0.05) is 6.92 Å². The number of likely N-dealkylation sites (N-methyl/N-ethyl adjacent to an activating group) is 1. The van der Waals surface area contributed by atoms with E-state index in [-0.39, 0.29) is 12.1 Å². The summed E-state index contributed by atoms with van der Waals surface area (Å²) in [6, 6.07) is 3.66. The molecule has 2 rings (SSSR count). The van der Waals surface area contributed by atoms with Gasteiger partial charge in [0.15, 0.2) is 0 Å². The molecule has 0 N–H and O–H groups in total. The third kappa shape index (κ3) is 3.58. The molecule has 1 aliphatic heterocycles. The molecule has 2 heterocycles. The van der Waals surface area contributed by atoms with Crippen molar-refractivity contribution in [1.29, 1.82) is 0 Å². The van der Waals surface area contributed by atoms with Gasteiger partial charge in [0.25, 0.3) is 0 Å². The van der Waals surface area contributed by atoms with Crippen molar-refractivity contribution in [3.05, 3.63) is 24.0 Å². The van der Waals surface area contributed by atoms with Gasteiger partial charge in [0.05, 0.1) is 25.9 Å². The summed E-state index contributed by atoms with van der Waals surface area (Å²) in [5.41, 5.74) is 0.596. The molecule has 0 spiro atoms. The van der Waals surface area contributed by atoms with Gasteiger partial charge in [0.2, 0.25) is 0 Å². The minimum Gasteiger partial charge on any atom is -0.461 e. The van der Waals surface area contributed by atoms with Crippen LogP contribution in [-0.2, 0) is 16.0 Å². The third-order valence-corrected chi connectivity index (χ3v) is 3.38. The van der Waals surface area contributed by atoms with E-state index in [1.165, 1.54) is 0 Å². The third-order valence-electron chi connectivity index (χ3n) is 3.38. The fourth-order valence-corrected chi connectivity index (χ4v) is 2.36. The summed E-state index contributed by atoms with van der Waals surface area (Å²) in [6.07, 6.45) is 2.04. The first-order valence-corrected chi connectivity index (χ1v) is 6.90. The maximum atomic E-state index is 11.8. The van der Waals surface area contributed by atoms with Crippen LogP contribution in [0.4, 0.5) is 0 Å². The lowest BCUT2D eigenvalue weighted by atomic mass is 10.2. The minimum absolute atomic E-state index is 0.134. The molecule has 0 aromatic carbocycles. The Morgan fingerprint density at radius 1 is 1.53 bits per heavy atom. The Morgan fingerprint density at radius 3 is 3.11 bits per heavy atom. The summed E-state index contributed by atoms with van der Waals surface area (Å²) in [7, 11) is 0. The predicted molar refractivity (Wildman–Crippen MR) is 72.2 cm³/mol. The van der Waals surface area contributed by atoms with Crippen LogP contribution in [0.3, 0.4) is 0 Å². The van der Waals surface area contributed by atoms with Crippen molar-refractivity contribution >= 4 is 5.97 Å². The molecule has 5 heteroatoms. The molecule has 106 valence electrons. The fraction of sp³-hybridized carbons (Fsp3) is 0.643. The molecule has 5 nitrogen and oxygen atoms in total. The largest absolute Gasteiger partial charge is 0.461 e. The van der Waals surface area contributed by atoms with E-state index in [0.29, 0.717) is 18.8 Å². The zero-order chi connectivity index (χ0) is 13.7. The highest BCUT2D eigenvalue weighted by molar-refractivity contribution is 5.87. The Bertz CT molecular complexity index is 417. The lowest BCUT2D eigenvalue weighted by molar-refractivity contribution is -0.0346. The summed E-state index contributed by atoms with van der Waals surface area (Å²) in [5, 5.41) is 0. The number of esters is 1. The quantitative estimate of drug-likeness (QED) is 0.755. The van der Waals surface area contributed by atoms with Crippen LogP contribution >= 0.6 is 0 Å². The molecule has 1 saturated heterocycles. The molecule has 1 aromatic heterocycles. The van der Waals surface area contributed by atoms with E-state index in [1.54, 1.807) is 6.07 Å². The van der Waals surface area contributed by atoms with Gasteiger partial charge in [-0.2, -0.15) is 0 Å². The van der Waals surface area contributed by atoms with Gasteiger partial charge in [-0.25, -0.2) is 4.79 Å². The topological polar surface area (TPSA) is 43.7 Å². The number of rotatable bonds is 5. The first kappa shape index (κ1) is 14.1. The molecule has 0 radical (unpaired) electrons. The van der Waals surface area contributed by atoms with Crippen molar-refractivity contribution in [2.45, 2.75) is 26.5 Å². The molecule has 1 unspecified atom stereocenters. The van der Waals surface area contributed by atoms with Gasteiger partial charge in [0, 0.05) is 19.3 Å². The van der Waals surface area contributed by atoms with E-state index < -0.39 is 0 Å². The summed E-state index contributed by atoms with van der Waals surface area (Å²) in [5.74, 6) is -0.268. The van der Waals surface area contributed by atoms with Crippen molar-refractivity contribution in [2.75, 3.05) is 32.8 Å². The summed E-state index contributed by atoms with van der Waals surface area (Å²) in [4.78, 5) is 14.2. The van der Waals surface area contributed by atoms with E-state index >= 15 is 0 Å². The predicted octanol–water partition coefficient (Wildman–Crippen LogP) is 1.39. The Labute approximate surface area is 114 Å². The number of carbonyl (C=O) groups is 1. The molecule has 1 aromatic rings. The zero-order valence-electron chi connectivity index (χ0n) is 11.7. The number of hydrogen-bond donors (Lipinski definition) is 0. The molecule has 1 atom stereocenters. The Kier molecular flexibility index (Phi) is 4.99. The second-order valence-electron chi connectivity index (χ2n) is 4.65. The van der Waals surface area contributed by atoms with Gasteiger partial charge >= 0.3 is 5.97 Å². The average Bonchev–Trinajstić information content (AvgIpc) is 2.87. The zero-order valence-corrected chi connectivity index (χ0v) is 11.7. The van der Waals surface area contributed by atoms with Gasteiger partial charge in [-0.05, 0) is 25.6 Å². The highest BCUT2D eigenvalue weighted by Gasteiger charge is 2.21. The Morgan fingerprint density at radius 2 is 2.37 bits per heavy atom. The van der Waals surface area contributed by atoms with Crippen LogP contribution in [0.1, 0.15) is 24.3 Å². The minimum atomic E-state index is -0.268. The van der Waals surface area contributed by atoms with Crippen molar-refractivity contribution in [3.8, 4) is 0 Å². The molecule has 0 aliphatic carbocycles. The first-order valence-electron chi connectivity index (χ1n) is 6.90. The monoisotopic (exact) mass is 266 g/mol. The summed E-state index contributed by atoms with van der Waals surface area (Å²) < 4.78 is 12.7. The normalized spacial score (nSPS) is 20.4. The summed E-state index contributed by atoms with van der Waals surface area (Å²) >= 11 is 0. The van der Waals surface area contributed by atoms with E-state index in [2.05, 4.69) is 11.8 Å². The molecule has 1 fully saturated rings. The fourth-order valence-electron chi connectivity index (χ4n) is 2.36. The van der Waals surface area contributed by atoms with E-state index in [1.807, 2.05) is 23.8 Å². The molecular formula is C14H22N2O3. The Balaban J connectivity index is 1.99. The average molecular weight is 266 g/mol. The maximum absolute atomic E-state index is 11.8. The highest BCUT2D eigenvalue weighted by Crippen LogP contribution is 2.11. The van der Waals surface area contributed by atoms with Crippen molar-refractivity contribution < 1.29 is 14.3 Å². The van der Waals surface area contributed by atoms with Gasteiger partial charge in [0.1, 0.15) is 5.69 Å². The van der Waals surface area contributed by atoms with E-state index in [4.69, 9.17) is 9.47 Å². The van der Waals surface area contributed by atoms with Crippen LogP contribution in [0, 0.1) is 0 Å². The van der Waals surface area contributed by atoms with Crippen LogP contribution in [-0.4, -0.2) is 54.4 Å². The second kappa shape index (κ2) is 6.73. The standard InChI is InChI=1S/C14H22N2O3/c1-3-15-8-9-19-12(10-15)11-16-7-5-6-13(16)14(17)18-4-2/h5-7,12H,3-4,8-11H2,1-2H3. The lowest BCUT2D eigenvalue weighted by Crippen LogP contribution is -2.44. The number of morpholine rings is 1. The number of ether oxygens (including phenoxy) is 2. The smallest absolute Gasteiger partial charge is 0.354 e. The molecule has 0 saturated carbocycles. The van der Waals surface area contributed by atoms with Crippen molar-refractivity contribution in [1.82, 2.24) is 9.47 Å². The second-order valence-corrected chi connectivity index (χ2v) is 4.65. The van der Waals surface area contributed by atoms with Gasteiger partial charge in [-0.15, -0.1) is 0 Å². The number of carbonyl (C=O) groups excluding carboxylic acids is 1. The van der Waals surface area contributed by atoms with Crippen LogP contribution in [0.5, 0.6) is 0 Å². The van der Waals surface area contributed by atoms with Crippen LogP contribution in [0.2, 0.25) is 0 Å². The SMILES string of the molecule is CCOC(=O)c1cccn1CC1CN(CC)CCO1. The molecule has 0 amide bonds. The number of hydrogen-bond acceptors (Lipinski definition) is 4. The highest BCUT2D eigenvalue weighted by atomic mass is 16.5. The van der Waals surface area contributed by atoms with E-state index in [9.17, 15) is 4.79 Å². The number of nitrogens with zero attached hydrogens (tertiary/aromatic N) is 2. The molecule has 1 aliphatic rings. The van der Waals surface area contributed by atoms with Crippen LogP contribution in [0.15, 0.2) is 18.3 Å². The van der Waals surface area contributed by atoms with Crippen LogP contribution < -0.4 is 0 Å². The maximum Gasteiger partial charge on any atom is 0.354 e. The summed E-state index contributed by atoms with van der Waals surface area (Å²) in [6.45, 7) is 8.76. The molecular weight excluding hydrogens is 244 g/mol. The molecule has 19 heavy (non-hydrogen) atoms. The lowest BCUT2D eigenvalue weighted by Gasteiger charge is -2.32. The van der Waals surface area contributed by atoms with Gasteiger partial charge in [-0.3, -0.25) is 4.90 Å².